The van der Waals surface area contributed by atoms with E-state index in [2.05, 4.69) is 15.2 Å². The van der Waals surface area contributed by atoms with E-state index in [4.69, 9.17) is 39.5 Å². The molecule has 39 heavy (non-hydrogen) atoms. The highest BCUT2D eigenvalue weighted by molar-refractivity contribution is 6.37. The predicted molar refractivity (Wildman–Crippen MR) is 157 cm³/mol. The minimum Gasteiger partial charge on any atom is -0.482 e. The monoisotopic (exact) mass is 580 g/mol. The summed E-state index contributed by atoms with van der Waals surface area (Å²) in [5, 5.41) is 13.0. The number of carbonyl (C=O) groups is 1. The second-order valence-electron chi connectivity index (χ2n) is 10.4. The lowest BCUT2D eigenvalue weighted by atomic mass is 9.88. The fourth-order valence-electron chi connectivity index (χ4n) is 5.45. The molecule has 6 nitrogen and oxygen atoms in total. The number of hydrogen-bond donors (Lipinski definition) is 1. The molecule has 9 heteroatoms. The van der Waals surface area contributed by atoms with Crippen LogP contribution in [0.15, 0.2) is 60.7 Å². The molecule has 2 aliphatic rings. The molecule has 0 unspecified atom stereocenters. The van der Waals surface area contributed by atoms with Gasteiger partial charge < -0.3 is 4.74 Å². The number of hydrogen-bond acceptors (Lipinski definition) is 4. The largest absolute Gasteiger partial charge is 0.482 e. The zero-order valence-corrected chi connectivity index (χ0v) is 23.9. The summed E-state index contributed by atoms with van der Waals surface area (Å²) in [6, 6.07) is 18.9. The van der Waals surface area contributed by atoms with Gasteiger partial charge in [-0.05, 0) is 80.3 Å². The molecule has 3 aromatic carbocycles. The minimum atomic E-state index is -0.823. The topological polar surface area (TPSA) is 61.5 Å². The smallest absolute Gasteiger partial charge is 0.291 e. The van der Waals surface area contributed by atoms with E-state index in [9.17, 15) is 4.79 Å². The number of halogens is 3. The number of piperidine rings is 1. The lowest BCUT2D eigenvalue weighted by molar-refractivity contribution is 0.0833. The Morgan fingerprint density at radius 2 is 1.62 bits per heavy atom. The van der Waals surface area contributed by atoms with Crippen LogP contribution < -0.4 is 9.75 Å². The zero-order valence-electron chi connectivity index (χ0n) is 21.6. The fourth-order valence-corrected chi connectivity index (χ4v) is 6.07. The number of aromatic nitrogens is 2. The Morgan fingerprint density at radius 1 is 0.923 bits per heavy atom. The van der Waals surface area contributed by atoms with E-state index in [1.165, 1.54) is 0 Å². The number of amides is 1. The summed E-state index contributed by atoms with van der Waals surface area (Å²) in [7, 11) is 0. The van der Waals surface area contributed by atoms with Crippen LogP contribution in [0.2, 0.25) is 15.1 Å². The van der Waals surface area contributed by atoms with Crippen LogP contribution in [-0.2, 0) is 5.60 Å². The number of nitrogens with zero attached hydrogens (tertiary/aromatic N) is 3. The molecule has 1 N–H and O–H groups in total. The molecule has 0 radical (unpaired) electrons. The number of nitrogens with one attached hydrogen (secondary N) is 1. The van der Waals surface area contributed by atoms with Crippen molar-refractivity contribution in [1.29, 1.82) is 0 Å². The van der Waals surface area contributed by atoms with Crippen LogP contribution in [0.25, 0.3) is 22.4 Å². The zero-order chi connectivity index (χ0) is 27.3. The maximum atomic E-state index is 14.3. The van der Waals surface area contributed by atoms with Crippen LogP contribution in [0.4, 0.5) is 5.69 Å². The third-order valence-corrected chi connectivity index (χ3v) is 8.10. The van der Waals surface area contributed by atoms with Gasteiger partial charge >= 0.3 is 0 Å². The van der Waals surface area contributed by atoms with Crippen molar-refractivity contribution in [2.45, 2.75) is 38.7 Å². The van der Waals surface area contributed by atoms with Crippen molar-refractivity contribution in [1.82, 2.24) is 15.2 Å². The van der Waals surface area contributed by atoms with Gasteiger partial charge in [-0.15, -0.1) is 0 Å². The number of ether oxygens (including phenoxy) is 1. The number of H-pyrrole nitrogens is 1. The standard InChI is InChI=1S/C30H27Cl3N4O2/c1-30(2)26-27(22-12-8-19(16-25(22)39-30)18-6-9-20(31)10-7-18)34-35-28(26)29(38)37(36-14-4-3-5-15-36)24-13-11-21(32)17-23(24)33/h6-13,16-17H,3-5,14-15H2,1-2H3,(H,34,35). The van der Waals surface area contributed by atoms with E-state index in [-0.39, 0.29) is 5.91 Å². The Hall–Kier alpha value is -3.03. The molecule has 1 fully saturated rings. The first-order chi connectivity index (χ1) is 18.7. The third kappa shape index (κ3) is 4.80. The Kier molecular flexibility index (Phi) is 6.84. The van der Waals surface area contributed by atoms with E-state index in [0.717, 1.165) is 49.0 Å². The quantitative estimate of drug-likeness (QED) is 0.263. The first kappa shape index (κ1) is 26.2. The van der Waals surface area contributed by atoms with Crippen LogP contribution in [0.1, 0.15) is 49.2 Å². The van der Waals surface area contributed by atoms with Crippen molar-refractivity contribution >= 4 is 46.4 Å². The van der Waals surface area contributed by atoms with Gasteiger partial charge in [-0.3, -0.25) is 9.89 Å². The number of rotatable bonds is 4. The molecule has 4 aromatic rings. The molecule has 3 heterocycles. The summed E-state index contributed by atoms with van der Waals surface area (Å²) in [5.41, 5.74) is 4.41. The Morgan fingerprint density at radius 3 is 2.33 bits per heavy atom. The highest BCUT2D eigenvalue weighted by Crippen LogP contribution is 2.47. The fraction of sp³-hybridized carbons (Fsp3) is 0.267. The van der Waals surface area contributed by atoms with Crippen molar-refractivity contribution in [2.75, 3.05) is 18.1 Å². The van der Waals surface area contributed by atoms with E-state index >= 15 is 0 Å². The van der Waals surface area contributed by atoms with Crippen LogP contribution in [0.5, 0.6) is 5.75 Å². The van der Waals surface area contributed by atoms with Crippen LogP contribution in [0, 0.1) is 0 Å². The molecule has 2 aliphatic heterocycles. The second-order valence-corrected chi connectivity index (χ2v) is 11.7. The molecule has 200 valence electrons. The predicted octanol–water partition coefficient (Wildman–Crippen LogP) is 8.38. The van der Waals surface area contributed by atoms with Gasteiger partial charge in [0.25, 0.3) is 5.91 Å². The normalized spacial score (nSPS) is 16.2. The maximum absolute atomic E-state index is 14.3. The first-order valence-electron chi connectivity index (χ1n) is 13.0. The van der Waals surface area contributed by atoms with Crippen molar-refractivity contribution in [3.8, 4) is 28.1 Å². The molecule has 0 saturated carbocycles. The number of aromatic amines is 1. The number of carbonyl (C=O) groups excluding carboxylic acids is 1. The highest BCUT2D eigenvalue weighted by atomic mass is 35.5. The molecular weight excluding hydrogens is 555 g/mol. The van der Waals surface area contributed by atoms with Crippen molar-refractivity contribution in [3.05, 3.63) is 87.0 Å². The Balaban J connectivity index is 1.43. The second kappa shape index (κ2) is 10.2. The van der Waals surface area contributed by atoms with Gasteiger partial charge in [-0.25, -0.2) is 10.0 Å². The molecule has 0 atom stereocenters. The molecule has 0 bridgehead atoms. The molecule has 0 aliphatic carbocycles. The lowest BCUT2D eigenvalue weighted by Crippen LogP contribution is -2.50. The van der Waals surface area contributed by atoms with Crippen LogP contribution in [0.3, 0.4) is 0 Å². The number of benzene rings is 3. The van der Waals surface area contributed by atoms with E-state index in [1.807, 2.05) is 56.3 Å². The molecule has 1 amide bonds. The summed E-state index contributed by atoms with van der Waals surface area (Å²) in [6.07, 6.45) is 3.12. The summed E-state index contributed by atoms with van der Waals surface area (Å²) in [4.78, 5) is 14.3. The summed E-state index contributed by atoms with van der Waals surface area (Å²) < 4.78 is 6.54. The Bertz CT molecular complexity index is 1560. The average molecular weight is 582 g/mol. The summed E-state index contributed by atoms with van der Waals surface area (Å²) >= 11 is 18.9. The number of fused-ring (bicyclic) bond motifs is 3. The molecule has 6 rings (SSSR count). The lowest BCUT2D eigenvalue weighted by Gasteiger charge is -2.38. The number of hydrazine groups is 1. The SMILES string of the molecule is CC1(C)Oc2cc(-c3ccc(Cl)cc3)ccc2-c2n[nH]c(C(=O)N(c3ccc(Cl)cc3Cl)N3CCCCC3)c21. The molecular formula is C30H27Cl3N4O2. The van der Waals surface area contributed by atoms with Crippen LogP contribution >= 0.6 is 34.8 Å². The maximum Gasteiger partial charge on any atom is 0.291 e. The van der Waals surface area contributed by atoms with Gasteiger partial charge in [-0.1, -0.05) is 59.4 Å². The molecule has 1 aromatic heterocycles. The summed E-state index contributed by atoms with van der Waals surface area (Å²) in [6.45, 7) is 5.40. The Labute approximate surface area is 242 Å². The summed E-state index contributed by atoms with van der Waals surface area (Å²) in [5.74, 6) is 0.465. The highest BCUT2D eigenvalue weighted by Gasteiger charge is 2.41. The van der Waals surface area contributed by atoms with E-state index in [0.29, 0.717) is 43.5 Å². The van der Waals surface area contributed by atoms with Crippen molar-refractivity contribution in [2.24, 2.45) is 0 Å². The van der Waals surface area contributed by atoms with Crippen LogP contribution in [-0.4, -0.2) is 34.2 Å². The number of anilines is 1. The third-order valence-electron chi connectivity index (χ3n) is 7.31. The van der Waals surface area contributed by atoms with Crippen molar-refractivity contribution in [3.63, 3.8) is 0 Å². The van der Waals surface area contributed by atoms with Gasteiger partial charge in [0.1, 0.15) is 22.7 Å². The first-order valence-corrected chi connectivity index (χ1v) is 14.1. The van der Waals surface area contributed by atoms with E-state index in [1.54, 1.807) is 23.2 Å². The van der Waals surface area contributed by atoms with Gasteiger partial charge in [0.15, 0.2) is 0 Å². The molecule has 0 spiro atoms. The van der Waals surface area contributed by atoms with Gasteiger partial charge in [0, 0.05) is 28.7 Å². The van der Waals surface area contributed by atoms with Gasteiger partial charge in [0.05, 0.1) is 16.3 Å². The van der Waals surface area contributed by atoms with Gasteiger partial charge in [0.2, 0.25) is 0 Å². The van der Waals surface area contributed by atoms with Crippen molar-refractivity contribution < 1.29 is 9.53 Å². The molecule has 1 saturated heterocycles. The minimum absolute atomic E-state index is 0.243. The average Bonchev–Trinajstić information content (AvgIpc) is 3.37. The van der Waals surface area contributed by atoms with Gasteiger partial charge in [-0.2, -0.15) is 5.10 Å². The van der Waals surface area contributed by atoms with E-state index < -0.39 is 5.60 Å².